The van der Waals surface area contributed by atoms with Crippen molar-refractivity contribution >= 4 is 17.8 Å². The predicted molar refractivity (Wildman–Crippen MR) is 97.1 cm³/mol. The first-order chi connectivity index (χ1) is 12.3. The number of rotatable bonds is 4. The number of carbonyl (C=O) groups is 3. The third-order valence-electron chi connectivity index (χ3n) is 4.59. The van der Waals surface area contributed by atoms with E-state index in [9.17, 15) is 14.4 Å². The fourth-order valence-electron chi connectivity index (χ4n) is 3.26. The Hall–Kier alpha value is -2.95. The van der Waals surface area contributed by atoms with Crippen LogP contribution in [0, 0.1) is 19.8 Å². The topological polar surface area (TPSA) is 63.7 Å². The number of hydrogen-bond acceptors (Lipinski definition) is 4. The number of esters is 1. The quantitative estimate of drug-likeness (QED) is 0.480. The van der Waals surface area contributed by atoms with E-state index >= 15 is 0 Å². The molecule has 1 heterocycles. The zero-order valence-electron chi connectivity index (χ0n) is 15.3. The number of nitrogens with zero attached hydrogens (tertiary/aromatic N) is 1. The van der Waals surface area contributed by atoms with E-state index in [1.807, 2.05) is 32.0 Å². The highest BCUT2D eigenvalue weighted by Gasteiger charge is 2.44. The van der Waals surface area contributed by atoms with Gasteiger partial charge in [-0.2, -0.15) is 0 Å². The Morgan fingerprint density at radius 2 is 1.38 bits per heavy atom. The van der Waals surface area contributed by atoms with Crippen LogP contribution in [-0.2, 0) is 4.79 Å². The van der Waals surface area contributed by atoms with Crippen molar-refractivity contribution in [2.45, 2.75) is 33.7 Å². The molecule has 0 saturated carbocycles. The Morgan fingerprint density at radius 3 is 1.85 bits per heavy atom. The maximum Gasteiger partial charge on any atom is 0.335 e. The molecule has 5 nitrogen and oxygen atoms in total. The molecular weight excluding hydrogens is 330 g/mol. The number of imide groups is 1. The van der Waals surface area contributed by atoms with Gasteiger partial charge in [0.05, 0.1) is 11.1 Å². The van der Waals surface area contributed by atoms with Crippen molar-refractivity contribution < 1.29 is 19.1 Å². The van der Waals surface area contributed by atoms with E-state index in [0.29, 0.717) is 16.9 Å². The average molecular weight is 351 g/mol. The first kappa shape index (κ1) is 17.9. The van der Waals surface area contributed by atoms with Gasteiger partial charge in [-0.05, 0) is 43.0 Å². The van der Waals surface area contributed by atoms with Gasteiger partial charge in [-0.3, -0.25) is 14.5 Å². The maximum absolute atomic E-state index is 12.9. The van der Waals surface area contributed by atoms with E-state index in [4.69, 9.17) is 4.74 Å². The monoisotopic (exact) mass is 351 g/mol. The third-order valence-corrected chi connectivity index (χ3v) is 4.59. The third kappa shape index (κ3) is 2.90. The highest BCUT2D eigenvalue weighted by molar-refractivity contribution is 6.22. The molecule has 0 fully saturated rings. The number of ether oxygens (including phenoxy) is 1. The number of para-hydroxylation sites is 1. The number of hydrogen-bond donors (Lipinski definition) is 0. The lowest BCUT2D eigenvalue weighted by Crippen LogP contribution is -2.49. The minimum Gasteiger partial charge on any atom is -0.424 e. The van der Waals surface area contributed by atoms with Crippen molar-refractivity contribution in [1.82, 2.24) is 4.90 Å². The first-order valence-electron chi connectivity index (χ1n) is 8.57. The summed E-state index contributed by atoms with van der Waals surface area (Å²) in [4.78, 5) is 39.4. The molecule has 1 aliphatic heterocycles. The van der Waals surface area contributed by atoms with Gasteiger partial charge in [-0.25, -0.2) is 4.79 Å². The summed E-state index contributed by atoms with van der Waals surface area (Å²) in [5, 5.41) is 0. The van der Waals surface area contributed by atoms with E-state index in [2.05, 4.69) is 0 Å². The summed E-state index contributed by atoms with van der Waals surface area (Å²) in [5.74, 6) is -1.33. The largest absolute Gasteiger partial charge is 0.424 e. The van der Waals surface area contributed by atoms with Crippen LogP contribution in [0.4, 0.5) is 0 Å². The molecule has 1 atom stereocenters. The lowest BCUT2D eigenvalue weighted by molar-refractivity contribution is -0.140. The lowest BCUT2D eigenvalue weighted by Gasteiger charge is -2.27. The van der Waals surface area contributed by atoms with E-state index in [1.54, 1.807) is 38.1 Å². The molecule has 0 bridgehead atoms. The van der Waals surface area contributed by atoms with Gasteiger partial charge in [0.2, 0.25) is 0 Å². The van der Waals surface area contributed by atoms with Gasteiger partial charge in [-0.1, -0.05) is 44.2 Å². The van der Waals surface area contributed by atoms with E-state index in [0.717, 1.165) is 16.0 Å². The Labute approximate surface area is 152 Å². The van der Waals surface area contributed by atoms with Gasteiger partial charge in [0.1, 0.15) is 11.8 Å². The maximum atomic E-state index is 12.9. The second-order valence-corrected chi connectivity index (χ2v) is 6.86. The fraction of sp³-hybridized carbons (Fsp3) is 0.286. The van der Waals surface area contributed by atoms with Gasteiger partial charge in [0.25, 0.3) is 11.8 Å². The molecule has 0 saturated heterocycles. The Balaban J connectivity index is 1.95. The zero-order valence-corrected chi connectivity index (χ0v) is 15.3. The number of carbonyl (C=O) groups excluding carboxylic acids is 3. The molecule has 0 radical (unpaired) electrons. The molecule has 2 aromatic carbocycles. The summed E-state index contributed by atoms with van der Waals surface area (Å²) in [6.45, 7) is 7.28. The standard InChI is InChI=1S/C21H21NO4/c1-12(2)17(21(25)26-18-13(3)8-7-9-14(18)4)22-19(23)15-10-5-6-11-16(15)20(22)24/h5-12,17H,1-4H3/t17-/m1/s1. The second-order valence-electron chi connectivity index (χ2n) is 6.86. The van der Waals surface area contributed by atoms with Crippen LogP contribution in [0.3, 0.4) is 0 Å². The number of benzene rings is 2. The molecule has 0 N–H and O–H groups in total. The van der Waals surface area contributed by atoms with E-state index in [1.165, 1.54) is 0 Å². The number of amides is 2. The average Bonchev–Trinajstić information content (AvgIpc) is 2.84. The van der Waals surface area contributed by atoms with Crippen LogP contribution in [0.25, 0.3) is 0 Å². The fourth-order valence-corrected chi connectivity index (χ4v) is 3.26. The molecule has 2 amide bonds. The van der Waals surface area contributed by atoms with Gasteiger partial charge in [0.15, 0.2) is 0 Å². The summed E-state index contributed by atoms with van der Waals surface area (Å²) in [5.41, 5.74) is 2.29. The van der Waals surface area contributed by atoms with Crippen LogP contribution < -0.4 is 4.74 Å². The van der Waals surface area contributed by atoms with Crippen LogP contribution in [0.5, 0.6) is 5.75 Å². The Morgan fingerprint density at radius 1 is 0.885 bits per heavy atom. The molecule has 0 unspecified atom stereocenters. The highest BCUT2D eigenvalue weighted by Crippen LogP contribution is 2.29. The number of aryl methyl sites for hydroxylation is 2. The predicted octanol–water partition coefficient (Wildman–Crippen LogP) is 3.53. The van der Waals surface area contributed by atoms with Gasteiger partial charge in [-0.15, -0.1) is 0 Å². The number of fused-ring (bicyclic) bond motifs is 1. The van der Waals surface area contributed by atoms with E-state index < -0.39 is 23.8 Å². The van der Waals surface area contributed by atoms with Gasteiger partial charge in [0, 0.05) is 0 Å². The van der Waals surface area contributed by atoms with Crippen LogP contribution in [0.2, 0.25) is 0 Å². The molecule has 0 spiro atoms. The Kier molecular flexibility index (Phi) is 4.64. The minimum atomic E-state index is -0.985. The SMILES string of the molecule is Cc1cccc(C)c1OC(=O)[C@@H](C(C)C)N1C(=O)c2ccccc2C1=O. The van der Waals surface area contributed by atoms with Crippen molar-refractivity contribution in [2.75, 3.05) is 0 Å². The Bertz CT molecular complexity index is 845. The van der Waals surface area contributed by atoms with Crippen LogP contribution >= 0.6 is 0 Å². The summed E-state index contributed by atoms with van der Waals surface area (Å²) in [6.07, 6.45) is 0. The molecule has 134 valence electrons. The molecule has 3 rings (SSSR count). The smallest absolute Gasteiger partial charge is 0.335 e. The van der Waals surface area contributed by atoms with Crippen molar-refractivity contribution in [3.05, 3.63) is 64.7 Å². The van der Waals surface area contributed by atoms with Gasteiger partial charge < -0.3 is 4.74 Å². The highest BCUT2D eigenvalue weighted by atomic mass is 16.5. The minimum absolute atomic E-state index is 0.283. The molecule has 5 heteroatoms. The summed E-state index contributed by atoms with van der Waals surface area (Å²) < 4.78 is 5.62. The summed E-state index contributed by atoms with van der Waals surface area (Å²) in [7, 11) is 0. The molecular formula is C21H21NO4. The second kappa shape index (κ2) is 6.75. The normalized spacial score (nSPS) is 14.6. The van der Waals surface area contributed by atoms with Crippen molar-refractivity contribution in [2.24, 2.45) is 5.92 Å². The molecule has 26 heavy (non-hydrogen) atoms. The van der Waals surface area contributed by atoms with Crippen LogP contribution in [0.1, 0.15) is 45.7 Å². The van der Waals surface area contributed by atoms with Gasteiger partial charge >= 0.3 is 5.97 Å². The van der Waals surface area contributed by atoms with Crippen molar-refractivity contribution in [1.29, 1.82) is 0 Å². The van der Waals surface area contributed by atoms with Crippen LogP contribution in [0.15, 0.2) is 42.5 Å². The van der Waals surface area contributed by atoms with Crippen molar-refractivity contribution in [3.8, 4) is 5.75 Å². The summed E-state index contributed by atoms with van der Waals surface area (Å²) >= 11 is 0. The lowest BCUT2D eigenvalue weighted by atomic mass is 10.0. The molecule has 2 aromatic rings. The van der Waals surface area contributed by atoms with Crippen molar-refractivity contribution in [3.63, 3.8) is 0 Å². The zero-order chi connectivity index (χ0) is 19.0. The molecule has 1 aliphatic rings. The molecule has 0 aromatic heterocycles. The molecule has 0 aliphatic carbocycles. The summed E-state index contributed by atoms with van der Waals surface area (Å²) in [6, 6.07) is 11.2. The van der Waals surface area contributed by atoms with Crippen LogP contribution in [-0.4, -0.2) is 28.7 Å². The first-order valence-corrected chi connectivity index (χ1v) is 8.57. The van der Waals surface area contributed by atoms with E-state index in [-0.39, 0.29) is 5.92 Å².